The van der Waals surface area contributed by atoms with Crippen LogP contribution < -0.4 is 59.1 Å². The average molecular weight is 1620 g/mol. The van der Waals surface area contributed by atoms with Gasteiger partial charge in [-0.15, -0.1) is 5.10 Å². The van der Waals surface area contributed by atoms with Gasteiger partial charge in [-0.3, -0.25) is 4.68 Å². The molecule has 8 aromatic rings. The number of imidazole rings is 1. The number of rotatable bonds is 12. The zero-order chi connectivity index (χ0) is 78.1. The van der Waals surface area contributed by atoms with Crippen molar-refractivity contribution in [2.24, 2.45) is 7.05 Å². The molecule has 113 heavy (non-hydrogen) atoms. The smallest absolute Gasteiger partial charge is 0.333 e. The summed E-state index contributed by atoms with van der Waals surface area (Å²) in [7, 11) is -14.8. The highest BCUT2D eigenvalue weighted by Gasteiger charge is 2.38. The molecule has 0 atom stereocenters. The molecule has 4 aliphatic heterocycles. The van der Waals surface area contributed by atoms with E-state index in [0.717, 1.165) is 253 Å². The molecule has 8 aliphatic carbocycles. The van der Waals surface area contributed by atoms with Crippen LogP contribution in [0, 0.1) is 0 Å². The van der Waals surface area contributed by atoms with Crippen LogP contribution in [0.3, 0.4) is 0 Å². The molecular weight excluding hydrogens is 1530 g/mol. The van der Waals surface area contributed by atoms with Crippen molar-refractivity contribution < 1.29 is 71.8 Å². The first-order valence-corrected chi connectivity index (χ1v) is 45.2. The number of amides is 8. The van der Waals surface area contributed by atoms with Crippen molar-refractivity contribution in [3.05, 3.63) is 138 Å². The zero-order valence-corrected chi connectivity index (χ0v) is 66.0. The van der Waals surface area contributed by atoms with Gasteiger partial charge < -0.3 is 49.3 Å². The Labute approximate surface area is 654 Å². The van der Waals surface area contributed by atoms with Crippen molar-refractivity contribution in [1.29, 1.82) is 0 Å². The highest BCUT2D eigenvalue weighted by atomic mass is 32.2. The molecule has 0 bridgehead atoms. The number of hydrogen-bond acceptors (Lipinski definition) is 20. The number of nitrogens with one attached hydrogen (secondary N) is 8. The molecule has 598 valence electrons. The Kier molecular flexibility index (Phi) is 20.5. The van der Waals surface area contributed by atoms with Crippen molar-refractivity contribution in [3.8, 4) is 23.4 Å². The molecule has 0 unspecified atom stereocenters. The van der Waals surface area contributed by atoms with E-state index in [1.54, 1.807) is 22.4 Å². The second-order valence-electron chi connectivity index (χ2n) is 30.6. The molecule has 0 radical (unpaired) electrons. The topological polar surface area (TPSA) is 409 Å². The van der Waals surface area contributed by atoms with Crippen molar-refractivity contribution in [2.75, 3.05) is 47.7 Å². The van der Waals surface area contributed by atoms with E-state index >= 15 is 0 Å². The summed E-state index contributed by atoms with van der Waals surface area (Å²) in [5.74, 6) is 0.815. The van der Waals surface area contributed by atoms with Gasteiger partial charge in [-0.2, -0.15) is 30.4 Å². The number of ether oxygens (including phenoxy) is 4. The molecular formula is C77H90N16O16S4. The van der Waals surface area contributed by atoms with Gasteiger partial charge >= 0.3 is 24.1 Å². The number of nitrogens with zero attached hydrogens (tertiary/aromatic N) is 8. The van der Waals surface area contributed by atoms with Crippen molar-refractivity contribution >= 4 is 87.0 Å². The van der Waals surface area contributed by atoms with Crippen LogP contribution in [-0.4, -0.2) is 123 Å². The summed E-state index contributed by atoms with van der Waals surface area (Å²) in [6.07, 6.45) is 30.8. The minimum absolute atomic E-state index is 0.00543. The third-order valence-corrected chi connectivity index (χ3v) is 28.4. The van der Waals surface area contributed by atoms with Crippen LogP contribution in [0.2, 0.25) is 0 Å². The van der Waals surface area contributed by atoms with E-state index in [2.05, 4.69) is 84.8 Å². The third-order valence-electron chi connectivity index (χ3n) is 23.3. The van der Waals surface area contributed by atoms with Crippen LogP contribution in [0.25, 0.3) is 0 Å². The van der Waals surface area contributed by atoms with Crippen LogP contribution in [0.4, 0.5) is 41.9 Å². The molecule has 0 saturated carbocycles. The maximum atomic E-state index is 12.9. The number of sulfonamides is 4. The Morgan fingerprint density at radius 3 is 1.15 bits per heavy atom. The number of carbonyl (C=O) groups is 4. The number of aryl methyl sites for hydroxylation is 12. The van der Waals surface area contributed by atoms with Gasteiger partial charge in [0.15, 0.2) is 5.75 Å². The first kappa shape index (κ1) is 75.5. The average Bonchev–Trinajstić information content (AvgIpc) is 1.54. The van der Waals surface area contributed by atoms with E-state index in [0.29, 0.717) is 58.4 Å². The number of anilines is 4. The molecule has 0 fully saturated rings. The van der Waals surface area contributed by atoms with Crippen LogP contribution in [-0.2, 0) is 176 Å². The molecule has 8 N–H and O–H groups in total. The van der Waals surface area contributed by atoms with Gasteiger partial charge in [-0.25, -0.2) is 56.2 Å². The summed E-state index contributed by atoms with van der Waals surface area (Å²) in [5.41, 5.74) is 23.3. The van der Waals surface area contributed by atoms with Gasteiger partial charge in [0.1, 0.15) is 4.90 Å². The Balaban J connectivity index is 0.000000109. The maximum Gasteiger partial charge on any atom is 0.333 e. The van der Waals surface area contributed by atoms with Gasteiger partial charge in [0.05, 0.1) is 38.4 Å². The summed E-state index contributed by atoms with van der Waals surface area (Å²) in [6.45, 7) is 3.63. The van der Waals surface area contributed by atoms with E-state index in [9.17, 15) is 52.8 Å². The molecule has 32 nitrogen and oxygen atoms in total. The number of carbonyl (C=O) groups excluding carboxylic acids is 4. The first-order chi connectivity index (χ1) is 54.5. The van der Waals surface area contributed by atoms with Crippen LogP contribution in [0.15, 0.2) is 62.8 Å². The molecule has 4 aromatic carbocycles. The monoisotopic (exact) mass is 1620 g/mol. The fourth-order valence-electron chi connectivity index (χ4n) is 18.4. The fourth-order valence-corrected chi connectivity index (χ4v) is 22.4. The molecule has 8 heterocycles. The lowest BCUT2D eigenvalue weighted by Crippen LogP contribution is -2.35. The van der Waals surface area contributed by atoms with E-state index in [1.807, 2.05) is 0 Å². The van der Waals surface area contributed by atoms with Crippen LogP contribution >= 0.6 is 0 Å². The van der Waals surface area contributed by atoms with E-state index < -0.39 is 64.2 Å². The number of urea groups is 4. The summed E-state index contributed by atoms with van der Waals surface area (Å²) >= 11 is 0. The van der Waals surface area contributed by atoms with Crippen LogP contribution in [0.1, 0.15) is 172 Å². The normalized spacial score (nSPS) is 17.4. The van der Waals surface area contributed by atoms with Gasteiger partial charge in [0, 0.05) is 62.0 Å². The molecule has 0 saturated heterocycles. The van der Waals surface area contributed by atoms with Gasteiger partial charge in [0.25, 0.3) is 51.0 Å². The first-order valence-electron chi connectivity index (χ1n) is 39.3. The second-order valence-corrected chi connectivity index (χ2v) is 37.0. The highest BCUT2D eigenvalue weighted by molar-refractivity contribution is 7.91. The second kappa shape index (κ2) is 30.6. The molecule has 0 spiro atoms. The molecule has 20 rings (SSSR count). The third kappa shape index (κ3) is 14.9. The number of benzene rings is 4. The summed E-state index contributed by atoms with van der Waals surface area (Å²) < 4.78 is 139. The van der Waals surface area contributed by atoms with Crippen molar-refractivity contribution in [1.82, 2.24) is 57.8 Å². The fraction of sp³-hybridized carbons (Fsp3) is 0.481. The molecule has 4 aromatic heterocycles. The van der Waals surface area contributed by atoms with E-state index in [1.165, 1.54) is 66.3 Å². The van der Waals surface area contributed by atoms with Gasteiger partial charge in [0.2, 0.25) is 21.8 Å². The maximum absolute atomic E-state index is 12.9. The minimum atomic E-state index is -4.19. The lowest BCUT2D eigenvalue weighted by Gasteiger charge is -2.18. The zero-order valence-electron chi connectivity index (χ0n) is 62.7. The Hall–Kier alpha value is -10.2. The predicted molar refractivity (Wildman–Crippen MR) is 413 cm³/mol. The Morgan fingerprint density at radius 2 is 0.726 bits per heavy atom. The van der Waals surface area contributed by atoms with Crippen LogP contribution in [0.5, 0.6) is 23.4 Å². The standard InChI is InChI=1S/C20H24N4O4S.C20H23N3O4S.C19H22N4O4S.C18H21N5O4S/c1-24-16-9-4-10-28-18(16)19(22-24)29(26,27)23-20(25)21-17-14-7-2-5-12(14)11-13-6-3-8-15(13)17;24-20(22-28(25,26)17-8-10-23-9-3-11-27-19(17)23)21-18-15-6-1-4-13(15)12-14-5-2-7-16(14)18;24-19(22-28(25,26)17-18-23(11-20-17)8-3-9-27-18)21-16-14-6-1-4-12(14)10-13-5-2-7-15(13)16;24-18(21-28(25,26)16-17-23(22-20-16)8-3-9-27-17)19-15-13-6-1-4-11(13)10-12-5-2-7-14(12)15/h11H,2-10H2,1H3,(H2,21,23,25);8,10,12H,1-7,9,11H2,(H2,21,22,24);10-11H,1-9H2,(H2,21,22,24);10H,1-9H2,(H2,19,21,24). The molecule has 36 heteroatoms. The molecule has 12 aliphatic rings. The number of fused-ring (bicyclic) bond motifs is 12. The SMILES string of the molecule is Cn1nc(S(=O)(=O)NC(=O)Nc2c3c(cc4c2CCC4)CCC3)c2c1CCCO2.O=C(Nc1c2c(cc3c1CCC3)CCC2)NS(=O)(=O)c1ccn2c1OCCC2.O=C(Nc1c2c(cc3c1CCC3)CCC2)NS(=O)(=O)c1ncn2c1OCCC2.O=C(Nc1c2c(cc3c1CCC3)CCC2)NS(=O)(=O)c1nnn2c1OCCC2. The van der Waals surface area contributed by atoms with Gasteiger partial charge in [-0.1, -0.05) is 29.5 Å². The Bertz CT molecular complexity index is 5190. The number of aromatic nitrogens is 8. The van der Waals surface area contributed by atoms with E-state index in [-0.39, 0.29) is 37.5 Å². The predicted octanol–water partition coefficient (Wildman–Crippen LogP) is 8.69. The summed E-state index contributed by atoms with van der Waals surface area (Å²) in [6, 6.07) is 7.52. The van der Waals surface area contributed by atoms with Gasteiger partial charge in [-0.05, 0) is 275 Å². The Morgan fingerprint density at radius 1 is 0.372 bits per heavy atom. The van der Waals surface area contributed by atoms with Crippen molar-refractivity contribution in [2.45, 2.75) is 226 Å². The van der Waals surface area contributed by atoms with E-state index in [4.69, 9.17) is 18.9 Å². The van der Waals surface area contributed by atoms with Crippen molar-refractivity contribution in [3.63, 3.8) is 0 Å². The lowest BCUT2D eigenvalue weighted by atomic mass is 9.99. The number of hydrogen-bond donors (Lipinski definition) is 8. The minimum Gasteiger partial charge on any atom is -0.489 e. The summed E-state index contributed by atoms with van der Waals surface area (Å²) in [5, 5.41) is 22.1. The lowest BCUT2D eigenvalue weighted by molar-refractivity contribution is 0.224. The highest BCUT2D eigenvalue weighted by Crippen LogP contribution is 2.44. The molecule has 8 amide bonds. The summed E-state index contributed by atoms with van der Waals surface area (Å²) in [4.78, 5) is 54.5. The largest absolute Gasteiger partial charge is 0.489 e. The quantitative estimate of drug-likeness (QED) is 0.0566.